The van der Waals surface area contributed by atoms with Crippen LogP contribution in [-0.4, -0.2) is 51.9 Å². The molecule has 0 aliphatic rings. The minimum absolute atomic E-state index is 0.177. The predicted octanol–water partition coefficient (Wildman–Crippen LogP) is 4.25. The summed E-state index contributed by atoms with van der Waals surface area (Å²) in [6.45, 7) is 0.317. The van der Waals surface area contributed by atoms with E-state index in [2.05, 4.69) is 15.8 Å². The standard InChI is InChI=1S/C28H28ClN3O7/c1-36-23-15-19(16-24(37-2)26(23)38-3)28(35)39-20-12-10-18(11-13-20)17-31-32-25(33)9-6-14-30-27(34)21-7-4-5-8-22(21)29/h4-5,7-8,10-13,15-17H,6,9,14H2,1-3H3,(H,30,34)(H,32,33)/b31-17+. The average molecular weight is 554 g/mol. The van der Waals surface area contributed by atoms with Gasteiger partial charge in [-0.15, -0.1) is 0 Å². The van der Waals surface area contributed by atoms with Gasteiger partial charge in [0.15, 0.2) is 11.5 Å². The number of halogens is 1. The van der Waals surface area contributed by atoms with Gasteiger partial charge in [-0.2, -0.15) is 5.10 Å². The second-order valence-corrected chi connectivity index (χ2v) is 8.41. The van der Waals surface area contributed by atoms with Crippen LogP contribution < -0.4 is 29.7 Å². The minimum Gasteiger partial charge on any atom is -0.493 e. The SMILES string of the molecule is COc1cc(C(=O)Oc2ccc(/C=N/NC(=O)CCCNC(=O)c3ccccc3Cl)cc2)cc(OC)c1OC. The molecule has 11 heteroatoms. The highest BCUT2D eigenvalue weighted by atomic mass is 35.5. The molecule has 0 saturated carbocycles. The van der Waals surface area contributed by atoms with E-state index in [1.807, 2.05) is 0 Å². The third kappa shape index (κ3) is 8.21. The zero-order chi connectivity index (χ0) is 28.2. The van der Waals surface area contributed by atoms with Crippen LogP contribution in [-0.2, 0) is 4.79 Å². The summed E-state index contributed by atoms with van der Waals surface area (Å²) >= 11 is 6.00. The number of hydrogen-bond donors (Lipinski definition) is 2. The molecule has 0 unspecified atom stereocenters. The Bertz CT molecular complexity index is 1320. The van der Waals surface area contributed by atoms with Crippen molar-refractivity contribution in [2.75, 3.05) is 27.9 Å². The van der Waals surface area contributed by atoms with E-state index in [0.717, 1.165) is 0 Å². The maximum Gasteiger partial charge on any atom is 0.343 e. The largest absolute Gasteiger partial charge is 0.493 e. The lowest BCUT2D eigenvalue weighted by molar-refractivity contribution is -0.121. The quantitative estimate of drug-likeness (QED) is 0.113. The predicted molar refractivity (Wildman–Crippen MR) is 146 cm³/mol. The van der Waals surface area contributed by atoms with Crippen LogP contribution >= 0.6 is 11.6 Å². The zero-order valence-corrected chi connectivity index (χ0v) is 22.4. The van der Waals surface area contributed by atoms with E-state index in [9.17, 15) is 14.4 Å². The van der Waals surface area contributed by atoms with E-state index in [0.29, 0.717) is 52.1 Å². The zero-order valence-electron chi connectivity index (χ0n) is 21.7. The number of carbonyl (C=O) groups excluding carboxylic acids is 3. The van der Waals surface area contributed by atoms with E-state index in [-0.39, 0.29) is 23.8 Å². The summed E-state index contributed by atoms with van der Waals surface area (Å²) in [6, 6.07) is 16.3. The molecule has 3 aromatic carbocycles. The highest BCUT2D eigenvalue weighted by Gasteiger charge is 2.18. The molecule has 39 heavy (non-hydrogen) atoms. The van der Waals surface area contributed by atoms with Gasteiger partial charge in [-0.05, 0) is 60.5 Å². The number of hydrazone groups is 1. The van der Waals surface area contributed by atoms with E-state index in [1.54, 1.807) is 48.5 Å². The van der Waals surface area contributed by atoms with E-state index < -0.39 is 5.97 Å². The molecule has 204 valence electrons. The summed E-state index contributed by atoms with van der Waals surface area (Å²) in [5.41, 5.74) is 3.72. The minimum atomic E-state index is -0.606. The van der Waals surface area contributed by atoms with Gasteiger partial charge in [-0.1, -0.05) is 23.7 Å². The summed E-state index contributed by atoms with van der Waals surface area (Å²) in [5.74, 6) is 0.150. The average Bonchev–Trinajstić information content (AvgIpc) is 2.95. The molecule has 0 aliphatic heterocycles. The maximum atomic E-state index is 12.6. The number of amides is 2. The molecule has 0 radical (unpaired) electrons. The van der Waals surface area contributed by atoms with Crippen LogP contribution in [0.25, 0.3) is 0 Å². The van der Waals surface area contributed by atoms with Crippen molar-refractivity contribution in [3.8, 4) is 23.0 Å². The molecule has 0 heterocycles. The molecule has 2 N–H and O–H groups in total. The Hall–Kier alpha value is -4.57. The van der Waals surface area contributed by atoms with Crippen LogP contribution in [0.3, 0.4) is 0 Å². The molecule has 0 aliphatic carbocycles. The molecule has 0 aromatic heterocycles. The molecule has 0 bridgehead atoms. The number of ether oxygens (including phenoxy) is 4. The van der Waals surface area contributed by atoms with Crippen molar-refractivity contribution < 1.29 is 33.3 Å². The van der Waals surface area contributed by atoms with Gasteiger partial charge >= 0.3 is 5.97 Å². The lowest BCUT2D eigenvalue weighted by Gasteiger charge is -2.13. The van der Waals surface area contributed by atoms with Crippen LogP contribution in [0.15, 0.2) is 65.8 Å². The second-order valence-electron chi connectivity index (χ2n) is 8.01. The van der Waals surface area contributed by atoms with Gasteiger partial charge < -0.3 is 24.3 Å². The Balaban J connectivity index is 1.45. The molecule has 2 amide bonds. The number of esters is 1. The molecule has 0 saturated heterocycles. The van der Waals surface area contributed by atoms with Crippen molar-refractivity contribution in [1.29, 1.82) is 0 Å². The molecule has 0 atom stereocenters. The normalized spacial score (nSPS) is 10.6. The fourth-order valence-corrected chi connectivity index (χ4v) is 3.63. The topological polar surface area (TPSA) is 125 Å². The molecule has 0 spiro atoms. The van der Waals surface area contributed by atoms with Gasteiger partial charge in [-0.3, -0.25) is 9.59 Å². The third-order valence-electron chi connectivity index (χ3n) is 5.38. The van der Waals surface area contributed by atoms with Crippen LogP contribution in [0.1, 0.15) is 39.1 Å². The van der Waals surface area contributed by atoms with E-state index in [4.69, 9.17) is 30.5 Å². The lowest BCUT2D eigenvalue weighted by Crippen LogP contribution is -2.26. The Labute approximate surface area is 230 Å². The number of carbonyl (C=O) groups is 3. The van der Waals surface area contributed by atoms with E-state index >= 15 is 0 Å². The van der Waals surface area contributed by atoms with Gasteiger partial charge in [0.1, 0.15) is 5.75 Å². The monoisotopic (exact) mass is 553 g/mol. The molecule has 10 nitrogen and oxygen atoms in total. The van der Waals surface area contributed by atoms with Crippen molar-refractivity contribution in [2.24, 2.45) is 5.10 Å². The van der Waals surface area contributed by atoms with Crippen LogP contribution in [0.2, 0.25) is 5.02 Å². The van der Waals surface area contributed by atoms with Crippen molar-refractivity contribution in [2.45, 2.75) is 12.8 Å². The van der Waals surface area contributed by atoms with Crippen molar-refractivity contribution in [1.82, 2.24) is 10.7 Å². The Morgan fingerprint density at radius 1 is 0.923 bits per heavy atom. The van der Waals surface area contributed by atoms with Crippen LogP contribution in [0, 0.1) is 0 Å². The molecular formula is C28H28ClN3O7. The smallest absolute Gasteiger partial charge is 0.343 e. The Morgan fingerprint density at radius 2 is 1.59 bits per heavy atom. The summed E-state index contributed by atoms with van der Waals surface area (Å²) in [4.78, 5) is 36.7. The number of benzene rings is 3. The van der Waals surface area contributed by atoms with Crippen molar-refractivity contribution in [3.63, 3.8) is 0 Å². The first kappa shape index (κ1) is 29.0. The molecule has 0 fully saturated rings. The van der Waals surface area contributed by atoms with E-state index in [1.165, 1.54) is 39.7 Å². The number of methoxy groups -OCH3 is 3. The Morgan fingerprint density at radius 3 is 2.21 bits per heavy atom. The van der Waals surface area contributed by atoms with Crippen LogP contribution in [0.5, 0.6) is 23.0 Å². The van der Waals surface area contributed by atoms with Gasteiger partial charge in [0, 0.05) is 13.0 Å². The molecular weight excluding hydrogens is 526 g/mol. The van der Waals surface area contributed by atoms with Gasteiger partial charge in [0.25, 0.3) is 5.91 Å². The summed E-state index contributed by atoms with van der Waals surface area (Å²) < 4.78 is 21.2. The summed E-state index contributed by atoms with van der Waals surface area (Å²) in [7, 11) is 4.39. The first-order chi connectivity index (χ1) is 18.9. The second kappa shape index (κ2) is 14.4. The van der Waals surface area contributed by atoms with Gasteiger partial charge in [0.05, 0.1) is 43.7 Å². The van der Waals surface area contributed by atoms with Gasteiger partial charge in [-0.25, -0.2) is 10.2 Å². The number of nitrogens with zero attached hydrogens (tertiary/aromatic N) is 1. The number of rotatable bonds is 12. The fourth-order valence-electron chi connectivity index (χ4n) is 3.41. The highest BCUT2D eigenvalue weighted by Crippen LogP contribution is 2.38. The van der Waals surface area contributed by atoms with Crippen molar-refractivity contribution in [3.05, 3.63) is 82.4 Å². The van der Waals surface area contributed by atoms with Gasteiger partial charge in [0.2, 0.25) is 11.7 Å². The van der Waals surface area contributed by atoms with Crippen LogP contribution in [0.4, 0.5) is 0 Å². The first-order valence-electron chi connectivity index (χ1n) is 11.8. The molecule has 3 rings (SSSR count). The summed E-state index contributed by atoms with van der Waals surface area (Å²) in [5, 5.41) is 7.02. The maximum absolute atomic E-state index is 12.6. The number of nitrogens with one attached hydrogen (secondary N) is 2. The summed E-state index contributed by atoms with van der Waals surface area (Å²) in [6.07, 6.45) is 2.07. The third-order valence-corrected chi connectivity index (χ3v) is 5.71. The van der Waals surface area contributed by atoms with Crippen molar-refractivity contribution >= 4 is 35.6 Å². The molecule has 3 aromatic rings. The lowest BCUT2D eigenvalue weighted by atomic mass is 10.2. The first-order valence-corrected chi connectivity index (χ1v) is 12.2. The Kier molecular flexibility index (Phi) is 10.7. The fraction of sp³-hybridized carbons (Fsp3) is 0.214. The highest BCUT2D eigenvalue weighted by molar-refractivity contribution is 6.33. The number of hydrogen-bond acceptors (Lipinski definition) is 8.